The van der Waals surface area contributed by atoms with Crippen LogP contribution in [0.5, 0.6) is 0 Å². The van der Waals surface area contributed by atoms with Gasteiger partial charge in [-0.05, 0) is 13.0 Å². The smallest absolute Gasteiger partial charge is 0.329 e. The molecule has 0 amide bonds. The van der Waals surface area contributed by atoms with Crippen LogP contribution in [0.25, 0.3) is 0 Å². The van der Waals surface area contributed by atoms with Crippen LogP contribution in [0.15, 0.2) is 35.1 Å². The first kappa shape index (κ1) is 16.2. The molecule has 1 atom stereocenters. The van der Waals surface area contributed by atoms with Crippen LogP contribution in [0, 0.1) is 0 Å². The fraction of sp³-hybridized carbons (Fsp3) is 0.533. The van der Waals surface area contributed by atoms with Crippen molar-refractivity contribution in [2.45, 2.75) is 13.0 Å². The zero-order chi connectivity index (χ0) is 16.3. The predicted molar refractivity (Wildman–Crippen MR) is 81.2 cm³/mol. The number of esters is 1. The van der Waals surface area contributed by atoms with Gasteiger partial charge in [-0.15, -0.1) is 0 Å². The largest absolute Gasteiger partial charge is 0.496 e. The van der Waals surface area contributed by atoms with Gasteiger partial charge in [0.1, 0.15) is 11.8 Å². The number of hydrogen-bond acceptors (Lipinski definition) is 7. The van der Waals surface area contributed by atoms with Gasteiger partial charge in [-0.1, -0.05) is 0 Å². The number of methoxy groups -OCH3 is 2. The van der Waals surface area contributed by atoms with Crippen molar-refractivity contribution in [2.75, 3.05) is 41.5 Å². The van der Waals surface area contributed by atoms with Gasteiger partial charge in [0.05, 0.1) is 26.5 Å². The van der Waals surface area contributed by atoms with E-state index in [-0.39, 0.29) is 5.97 Å². The summed E-state index contributed by atoms with van der Waals surface area (Å²) >= 11 is 0. The zero-order valence-corrected chi connectivity index (χ0v) is 13.7. The van der Waals surface area contributed by atoms with Crippen LogP contribution in [-0.4, -0.2) is 63.5 Å². The van der Waals surface area contributed by atoms with Gasteiger partial charge >= 0.3 is 5.97 Å². The highest BCUT2D eigenvalue weighted by molar-refractivity contribution is 5.79. The highest BCUT2D eigenvalue weighted by Gasteiger charge is 2.35. The van der Waals surface area contributed by atoms with Crippen molar-refractivity contribution in [3.8, 4) is 0 Å². The van der Waals surface area contributed by atoms with Gasteiger partial charge in [-0.2, -0.15) is 0 Å². The number of hydrogen-bond donors (Lipinski definition) is 1. The number of allylic oxidation sites excluding steroid dienone is 1. The maximum absolute atomic E-state index is 11.9. The summed E-state index contributed by atoms with van der Waals surface area (Å²) in [5, 5.41) is 6.94. The standard InChI is InChI=1S/C15H23N3O4/c1-6-22-14-8-13(20-4)10(9-16-14)11-7-12(15(19)21-5)18(3)17(11)2/h7-8,12,16H,6,9H2,1-5H3. The lowest BCUT2D eigenvalue weighted by atomic mass is 10.1. The van der Waals surface area contributed by atoms with Crippen LogP contribution in [0.2, 0.25) is 0 Å². The Morgan fingerprint density at radius 2 is 2.14 bits per heavy atom. The van der Waals surface area contributed by atoms with E-state index in [1.807, 2.05) is 43.2 Å². The van der Waals surface area contributed by atoms with Crippen LogP contribution in [0.1, 0.15) is 6.92 Å². The van der Waals surface area contributed by atoms with Crippen LogP contribution in [0.4, 0.5) is 0 Å². The van der Waals surface area contributed by atoms with Gasteiger partial charge < -0.3 is 24.5 Å². The highest BCUT2D eigenvalue weighted by Crippen LogP contribution is 2.29. The molecule has 1 N–H and O–H groups in total. The topological polar surface area (TPSA) is 63.3 Å². The van der Waals surface area contributed by atoms with E-state index in [1.54, 1.807) is 7.11 Å². The molecular weight excluding hydrogens is 286 g/mol. The summed E-state index contributed by atoms with van der Waals surface area (Å²) < 4.78 is 15.8. The number of nitrogens with one attached hydrogen (secondary N) is 1. The maximum atomic E-state index is 11.9. The summed E-state index contributed by atoms with van der Waals surface area (Å²) in [5.41, 5.74) is 1.88. The molecule has 0 spiro atoms. The molecule has 0 bridgehead atoms. The minimum absolute atomic E-state index is 0.293. The molecule has 2 heterocycles. The van der Waals surface area contributed by atoms with Crippen molar-refractivity contribution in [3.05, 3.63) is 35.1 Å². The summed E-state index contributed by atoms with van der Waals surface area (Å²) in [4.78, 5) is 11.9. The maximum Gasteiger partial charge on any atom is 0.329 e. The van der Waals surface area contributed by atoms with Crippen LogP contribution < -0.4 is 5.32 Å². The second kappa shape index (κ2) is 6.74. The highest BCUT2D eigenvalue weighted by atomic mass is 16.5. The average Bonchev–Trinajstić information content (AvgIpc) is 2.83. The summed E-state index contributed by atoms with van der Waals surface area (Å²) in [6.45, 7) is 3.07. The van der Waals surface area contributed by atoms with Gasteiger partial charge in [0.25, 0.3) is 0 Å². The van der Waals surface area contributed by atoms with E-state index in [9.17, 15) is 4.79 Å². The number of carbonyl (C=O) groups is 1. The summed E-state index contributed by atoms with van der Waals surface area (Å²) in [5.74, 6) is 1.11. The molecule has 0 fully saturated rings. The van der Waals surface area contributed by atoms with Crippen molar-refractivity contribution < 1.29 is 19.0 Å². The molecule has 0 aromatic rings. The van der Waals surface area contributed by atoms with Crippen molar-refractivity contribution in [1.29, 1.82) is 0 Å². The lowest BCUT2D eigenvalue weighted by molar-refractivity contribution is -0.147. The number of rotatable bonds is 5. The van der Waals surface area contributed by atoms with E-state index < -0.39 is 6.04 Å². The van der Waals surface area contributed by atoms with Gasteiger partial charge in [-0.3, -0.25) is 0 Å². The summed E-state index contributed by atoms with van der Waals surface area (Å²) in [7, 11) is 6.76. The quantitative estimate of drug-likeness (QED) is 0.746. The molecule has 122 valence electrons. The Hall–Kier alpha value is -2.15. The average molecular weight is 309 g/mol. The van der Waals surface area contributed by atoms with E-state index in [4.69, 9.17) is 14.2 Å². The Morgan fingerprint density at radius 1 is 1.41 bits per heavy atom. The first-order chi connectivity index (χ1) is 10.5. The third-order valence-corrected chi connectivity index (χ3v) is 3.81. The summed E-state index contributed by atoms with van der Waals surface area (Å²) in [6.07, 6.45) is 3.70. The van der Waals surface area contributed by atoms with Gasteiger partial charge in [-0.25, -0.2) is 9.80 Å². The fourth-order valence-corrected chi connectivity index (χ4v) is 2.53. The van der Waals surface area contributed by atoms with Gasteiger partial charge in [0, 0.05) is 32.3 Å². The molecule has 0 aliphatic carbocycles. The molecule has 0 saturated carbocycles. The number of carbonyl (C=O) groups excluding carboxylic acids is 1. The molecular formula is C15H23N3O4. The molecule has 0 aromatic carbocycles. The lowest BCUT2D eigenvalue weighted by Gasteiger charge is -2.30. The molecule has 1 unspecified atom stereocenters. The minimum Gasteiger partial charge on any atom is -0.496 e. The number of likely N-dealkylation sites (N-methyl/N-ethyl adjacent to an activating group) is 2. The Morgan fingerprint density at radius 3 is 2.73 bits per heavy atom. The van der Waals surface area contributed by atoms with E-state index in [2.05, 4.69) is 5.32 Å². The van der Waals surface area contributed by atoms with Crippen molar-refractivity contribution in [3.63, 3.8) is 0 Å². The first-order valence-electron chi connectivity index (χ1n) is 7.15. The fourth-order valence-electron chi connectivity index (χ4n) is 2.53. The van der Waals surface area contributed by atoms with Gasteiger partial charge in [0.2, 0.25) is 0 Å². The molecule has 0 radical (unpaired) electrons. The summed E-state index contributed by atoms with van der Waals surface area (Å²) in [6, 6.07) is -0.437. The Bertz CT molecular complexity index is 539. The second-order valence-corrected chi connectivity index (χ2v) is 4.96. The van der Waals surface area contributed by atoms with E-state index in [1.165, 1.54) is 7.11 Å². The molecule has 2 aliphatic rings. The first-order valence-corrected chi connectivity index (χ1v) is 7.15. The Balaban J connectivity index is 2.35. The van der Waals surface area contributed by atoms with E-state index >= 15 is 0 Å². The second-order valence-electron chi connectivity index (χ2n) is 4.96. The van der Waals surface area contributed by atoms with E-state index in [0.29, 0.717) is 19.0 Å². The lowest BCUT2D eigenvalue weighted by Crippen LogP contribution is -2.41. The Labute approximate surface area is 130 Å². The SMILES string of the molecule is CCOC1=CC(OC)=C(C2=CC(C(=O)OC)N(C)N2C)CN1. The molecule has 7 heteroatoms. The van der Waals surface area contributed by atoms with Crippen LogP contribution in [-0.2, 0) is 19.0 Å². The number of hydrazine groups is 1. The van der Waals surface area contributed by atoms with Crippen LogP contribution >= 0.6 is 0 Å². The van der Waals surface area contributed by atoms with Crippen LogP contribution in [0.3, 0.4) is 0 Å². The zero-order valence-electron chi connectivity index (χ0n) is 13.7. The molecule has 22 heavy (non-hydrogen) atoms. The Kier molecular flexibility index (Phi) is 4.97. The molecule has 2 rings (SSSR count). The third-order valence-electron chi connectivity index (χ3n) is 3.81. The monoisotopic (exact) mass is 309 g/mol. The molecule has 2 aliphatic heterocycles. The third kappa shape index (κ3) is 2.89. The number of dihydropyridines is 1. The molecule has 0 aromatic heterocycles. The van der Waals surface area contributed by atoms with Crippen molar-refractivity contribution >= 4 is 5.97 Å². The van der Waals surface area contributed by atoms with E-state index in [0.717, 1.165) is 17.0 Å². The predicted octanol–water partition coefficient (Wildman–Crippen LogP) is 0.586. The minimum atomic E-state index is -0.437. The number of ether oxygens (including phenoxy) is 3. The molecule has 0 saturated heterocycles. The number of nitrogens with zero attached hydrogens (tertiary/aromatic N) is 2. The molecule has 7 nitrogen and oxygen atoms in total. The normalized spacial score (nSPS) is 22.0. The van der Waals surface area contributed by atoms with Crippen molar-refractivity contribution in [2.24, 2.45) is 0 Å². The van der Waals surface area contributed by atoms with Crippen molar-refractivity contribution in [1.82, 2.24) is 15.3 Å². The van der Waals surface area contributed by atoms with Gasteiger partial charge in [0.15, 0.2) is 5.88 Å².